The van der Waals surface area contributed by atoms with Crippen LogP contribution in [0, 0.1) is 0 Å². The molecule has 1 unspecified atom stereocenters. The molecule has 4 atom stereocenters. The first-order valence-corrected chi connectivity index (χ1v) is 6.34. The number of aliphatic hydroxyl groups excluding tert-OH is 1. The summed E-state index contributed by atoms with van der Waals surface area (Å²) in [6.07, 6.45) is 1.41. The number of hydrogen-bond acceptors (Lipinski definition) is 4. The molecule has 2 fully saturated rings. The smallest absolute Gasteiger partial charge is 0.192 e. The van der Waals surface area contributed by atoms with Gasteiger partial charge in [0.05, 0.1) is 6.61 Å². The molecular formula is C12H21FO4. The lowest BCUT2D eigenvalue weighted by atomic mass is 9.99. The minimum atomic E-state index is -1.86. The van der Waals surface area contributed by atoms with Gasteiger partial charge in [0.1, 0.15) is 12.2 Å². The zero-order valence-electron chi connectivity index (χ0n) is 10.2. The predicted octanol–water partition coefficient (Wildman–Crippen LogP) is 1.41. The van der Waals surface area contributed by atoms with Crippen molar-refractivity contribution in [3.8, 4) is 0 Å². The number of rotatable bonds is 0. The van der Waals surface area contributed by atoms with Gasteiger partial charge in [-0.05, 0) is 19.8 Å². The highest BCUT2D eigenvalue weighted by molar-refractivity contribution is 4.98. The van der Waals surface area contributed by atoms with Crippen molar-refractivity contribution in [3.63, 3.8) is 0 Å². The quantitative estimate of drug-likeness (QED) is 0.704. The van der Waals surface area contributed by atoms with Crippen molar-refractivity contribution in [2.24, 2.45) is 0 Å². The molecule has 2 aliphatic rings. The van der Waals surface area contributed by atoms with Gasteiger partial charge in [-0.25, -0.2) is 4.39 Å². The van der Waals surface area contributed by atoms with Crippen LogP contribution in [0.3, 0.4) is 0 Å². The molecule has 1 N–H and O–H groups in total. The molecule has 5 heteroatoms. The Balaban J connectivity index is 2.01. The standard InChI is InChI=1S/C12H21FO4/c1-12(13)10-9(17-11(12)14)8-15-6-4-2-3-5-7-16-10/h9-11,14H,2-8H2,1H3/t9-,10-,11?,12-/m1/s1. The summed E-state index contributed by atoms with van der Waals surface area (Å²) in [4.78, 5) is 0. The molecule has 0 radical (unpaired) electrons. The maximum Gasteiger partial charge on any atom is 0.192 e. The molecule has 0 saturated carbocycles. The third-order valence-corrected chi connectivity index (χ3v) is 3.44. The normalized spacial score (nSPS) is 45.0. The zero-order valence-corrected chi connectivity index (χ0v) is 10.2. The number of ether oxygens (including phenoxy) is 3. The van der Waals surface area contributed by atoms with Crippen molar-refractivity contribution in [2.45, 2.75) is 56.8 Å². The van der Waals surface area contributed by atoms with Gasteiger partial charge in [-0.3, -0.25) is 0 Å². The Bertz CT molecular complexity index is 247. The third-order valence-electron chi connectivity index (χ3n) is 3.44. The van der Waals surface area contributed by atoms with Gasteiger partial charge in [-0.1, -0.05) is 12.8 Å². The van der Waals surface area contributed by atoms with Gasteiger partial charge in [0.2, 0.25) is 0 Å². The molecular weight excluding hydrogens is 227 g/mol. The zero-order chi connectivity index (χ0) is 12.3. The largest absolute Gasteiger partial charge is 0.379 e. The van der Waals surface area contributed by atoms with Crippen molar-refractivity contribution in [2.75, 3.05) is 19.8 Å². The van der Waals surface area contributed by atoms with Crippen LogP contribution in [0.1, 0.15) is 32.6 Å². The topological polar surface area (TPSA) is 47.9 Å². The SMILES string of the molecule is C[C@]1(F)C(O)O[C@@H]2COCCCCCCO[C@H]21. The minimum Gasteiger partial charge on any atom is -0.379 e. The molecule has 2 aliphatic heterocycles. The van der Waals surface area contributed by atoms with E-state index in [2.05, 4.69) is 0 Å². The molecule has 17 heavy (non-hydrogen) atoms. The number of aliphatic hydroxyl groups is 1. The van der Waals surface area contributed by atoms with E-state index in [9.17, 15) is 9.50 Å². The second-order valence-corrected chi connectivity index (χ2v) is 4.96. The highest BCUT2D eigenvalue weighted by Crippen LogP contribution is 2.35. The summed E-state index contributed by atoms with van der Waals surface area (Å²) >= 11 is 0. The van der Waals surface area contributed by atoms with Gasteiger partial charge in [0.15, 0.2) is 12.0 Å². The second-order valence-electron chi connectivity index (χ2n) is 4.96. The Labute approximate surface area is 101 Å². The highest BCUT2D eigenvalue weighted by atomic mass is 19.1. The number of halogens is 1. The Hall–Kier alpha value is -0.230. The van der Waals surface area contributed by atoms with Gasteiger partial charge in [-0.2, -0.15) is 0 Å². The Morgan fingerprint density at radius 3 is 2.65 bits per heavy atom. The van der Waals surface area contributed by atoms with Crippen molar-refractivity contribution in [1.29, 1.82) is 0 Å². The Kier molecular flexibility index (Phi) is 4.36. The van der Waals surface area contributed by atoms with Crippen LogP contribution < -0.4 is 0 Å². The fraction of sp³-hybridized carbons (Fsp3) is 1.00. The van der Waals surface area contributed by atoms with E-state index in [-0.39, 0.29) is 6.61 Å². The van der Waals surface area contributed by atoms with Crippen LogP contribution >= 0.6 is 0 Å². The Morgan fingerprint density at radius 2 is 1.88 bits per heavy atom. The van der Waals surface area contributed by atoms with Crippen LogP contribution in [0.2, 0.25) is 0 Å². The fourth-order valence-corrected chi connectivity index (χ4v) is 2.34. The van der Waals surface area contributed by atoms with Crippen LogP contribution in [0.4, 0.5) is 4.39 Å². The second kappa shape index (κ2) is 5.61. The molecule has 2 saturated heterocycles. The van der Waals surface area contributed by atoms with E-state index in [4.69, 9.17) is 14.2 Å². The lowest BCUT2D eigenvalue weighted by Gasteiger charge is -2.25. The molecule has 4 nitrogen and oxygen atoms in total. The third kappa shape index (κ3) is 2.96. The molecule has 0 aliphatic carbocycles. The summed E-state index contributed by atoms with van der Waals surface area (Å²) in [6.45, 7) is 2.77. The molecule has 2 rings (SSSR count). The molecule has 0 aromatic rings. The van der Waals surface area contributed by atoms with E-state index >= 15 is 0 Å². The van der Waals surface area contributed by atoms with Crippen molar-refractivity contribution in [3.05, 3.63) is 0 Å². The van der Waals surface area contributed by atoms with Gasteiger partial charge in [0.25, 0.3) is 0 Å². The first-order chi connectivity index (χ1) is 8.12. The lowest BCUT2D eigenvalue weighted by molar-refractivity contribution is -0.146. The van der Waals surface area contributed by atoms with Crippen LogP contribution in [-0.2, 0) is 14.2 Å². The minimum absolute atomic E-state index is 0.279. The first kappa shape index (κ1) is 13.2. The van der Waals surface area contributed by atoms with Gasteiger partial charge in [0, 0.05) is 13.2 Å². The molecule has 0 amide bonds. The van der Waals surface area contributed by atoms with E-state index in [0.29, 0.717) is 13.2 Å². The number of alkyl halides is 1. The lowest BCUT2D eigenvalue weighted by Crippen LogP contribution is -2.44. The van der Waals surface area contributed by atoms with E-state index in [1.807, 2.05) is 0 Å². The molecule has 0 aromatic carbocycles. The Morgan fingerprint density at radius 1 is 1.18 bits per heavy atom. The molecule has 100 valence electrons. The summed E-state index contributed by atoms with van der Waals surface area (Å²) < 4.78 is 30.4. The van der Waals surface area contributed by atoms with E-state index in [0.717, 1.165) is 25.7 Å². The maximum atomic E-state index is 14.2. The van der Waals surface area contributed by atoms with Crippen LogP contribution in [0.5, 0.6) is 0 Å². The molecule has 0 bridgehead atoms. The molecule has 2 heterocycles. The fourth-order valence-electron chi connectivity index (χ4n) is 2.34. The highest BCUT2D eigenvalue weighted by Gasteiger charge is 2.55. The molecule has 0 aromatic heterocycles. The molecule has 0 spiro atoms. The van der Waals surface area contributed by atoms with E-state index in [1.165, 1.54) is 6.92 Å². The van der Waals surface area contributed by atoms with Crippen LogP contribution in [0.25, 0.3) is 0 Å². The maximum absolute atomic E-state index is 14.2. The van der Waals surface area contributed by atoms with E-state index in [1.54, 1.807) is 0 Å². The van der Waals surface area contributed by atoms with Crippen molar-refractivity contribution >= 4 is 0 Å². The summed E-state index contributed by atoms with van der Waals surface area (Å²) in [5.74, 6) is 0. The monoisotopic (exact) mass is 248 g/mol. The summed E-state index contributed by atoms with van der Waals surface area (Å²) in [6, 6.07) is 0. The summed E-state index contributed by atoms with van der Waals surface area (Å²) in [7, 11) is 0. The van der Waals surface area contributed by atoms with Crippen molar-refractivity contribution < 1.29 is 23.7 Å². The summed E-state index contributed by atoms with van der Waals surface area (Å²) in [5.41, 5.74) is -1.86. The van der Waals surface area contributed by atoms with Crippen LogP contribution in [-0.4, -0.2) is 49.1 Å². The number of hydrogen-bond donors (Lipinski definition) is 1. The predicted molar refractivity (Wildman–Crippen MR) is 59.4 cm³/mol. The van der Waals surface area contributed by atoms with Gasteiger partial charge < -0.3 is 19.3 Å². The van der Waals surface area contributed by atoms with Gasteiger partial charge in [-0.15, -0.1) is 0 Å². The first-order valence-electron chi connectivity index (χ1n) is 6.34. The van der Waals surface area contributed by atoms with E-state index < -0.39 is 24.2 Å². The average molecular weight is 248 g/mol. The number of fused-ring (bicyclic) bond motifs is 1. The van der Waals surface area contributed by atoms with Crippen LogP contribution in [0.15, 0.2) is 0 Å². The summed E-state index contributed by atoms with van der Waals surface area (Å²) in [5, 5.41) is 9.53. The van der Waals surface area contributed by atoms with Crippen molar-refractivity contribution in [1.82, 2.24) is 0 Å². The van der Waals surface area contributed by atoms with Gasteiger partial charge >= 0.3 is 0 Å². The average Bonchev–Trinajstić information content (AvgIpc) is 2.48.